The Morgan fingerprint density at radius 2 is 1.77 bits per heavy atom. The second-order valence-corrected chi connectivity index (χ2v) is 5.83. The number of fused-ring (bicyclic) bond motifs is 1. The number of hydrogen-bond acceptors (Lipinski definition) is 5. The van der Waals surface area contributed by atoms with Crippen molar-refractivity contribution in [3.05, 3.63) is 72.1 Å². The molecule has 4 aromatic rings. The molecule has 0 aliphatic carbocycles. The number of nitrogens with two attached hydrogens (primary N) is 1. The van der Waals surface area contributed by atoms with Crippen molar-refractivity contribution in [1.29, 1.82) is 0 Å². The van der Waals surface area contributed by atoms with Crippen LogP contribution in [0.5, 0.6) is 0 Å². The number of nitrogen functional groups attached to an aromatic ring is 1. The van der Waals surface area contributed by atoms with Crippen LogP contribution in [0, 0.1) is 0 Å². The lowest BCUT2D eigenvalue weighted by atomic mass is 10.1. The van der Waals surface area contributed by atoms with Crippen LogP contribution >= 0.6 is 0 Å². The van der Waals surface area contributed by atoms with Gasteiger partial charge < -0.3 is 10.8 Å². The third-order valence-electron chi connectivity index (χ3n) is 4.14. The number of aromatic carboxylic acids is 1. The molecule has 0 amide bonds. The summed E-state index contributed by atoms with van der Waals surface area (Å²) in [6.07, 6.45) is 1.41. The largest absolute Gasteiger partial charge is 0.478 e. The SMILES string of the molecule is Nc1ncnc2c1c(-c1ccccc1)nn2Cc1ccc(C(=O)O)cc1. The molecule has 3 N–H and O–H groups in total. The number of benzene rings is 2. The third-order valence-corrected chi connectivity index (χ3v) is 4.14. The first-order chi connectivity index (χ1) is 12.6. The van der Waals surface area contributed by atoms with Crippen molar-refractivity contribution >= 4 is 22.8 Å². The fraction of sp³-hybridized carbons (Fsp3) is 0.0526. The Bertz CT molecular complexity index is 1090. The number of carboxylic acid groups (broad SMARTS) is 1. The highest BCUT2D eigenvalue weighted by atomic mass is 16.4. The van der Waals surface area contributed by atoms with E-state index < -0.39 is 5.97 Å². The van der Waals surface area contributed by atoms with E-state index in [-0.39, 0.29) is 5.56 Å². The van der Waals surface area contributed by atoms with Crippen LogP contribution in [-0.2, 0) is 6.54 Å². The summed E-state index contributed by atoms with van der Waals surface area (Å²) in [5.41, 5.74) is 9.53. The molecule has 0 aliphatic rings. The van der Waals surface area contributed by atoms with Gasteiger partial charge in [-0.15, -0.1) is 0 Å². The molecule has 128 valence electrons. The highest BCUT2D eigenvalue weighted by molar-refractivity contribution is 5.98. The fourth-order valence-electron chi connectivity index (χ4n) is 2.86. The molecule has 0 saturated carbocycles. The quantitative estimate of drug-likeness (QED) is 0.589. The van der Waals surface area contributed by atoms with Crippen molar-refractivity contribution < 1.29 is 9.90 Å². The Hall–Kier alpha value is -3.74. The van der Waals surface area contributed by atoms with Crippen LogP contribution in [0.2, 0.25) is 0 Å². The van der Waals surface area contributed by atoms with E-state index in [2.05, 4.69) is 9.97 Å². The van der Waals surface area contributed by atoms with Crippen LogP contribution in [0.15, 0.2) is 60.9 Å². The molecule has 0 unspecified atom stereocenters. The fourth-order valence-corrected chi connectivity index (χ4v) is 2.86. The van der Waals surface area contributed by atoms with Gasteiger partial charge >= 0.3 is 5.97 Å². The first-order valence-electron chi connectivity index (χ1n) is 7.98. The number of carboxylic acids is 1. The van der Waals surface area contributed by atoms with E-state index in [0.29, 0.717) is 23.4 Å². The predicted octanol–water partition coefficient (Wildman–Crippen LogP) is 2.82. The van der Waals surface area contributed by atoms with E-state index in [0.717, 1.165) is 16.8 Å². The number of nitrogens with zero attached hydrogens (tertiary/aromatic N) is 4. The van der Waals surface area contributed by atoms with Crippen molar-refractivity contribution in [3.8, 4) is 11.3 Å². The highest BCUT2D eigenvalue weighted by Gasteiger charge is 2.17. The standard InChI is InChI=1S/C19H15N5O2/c20-17-15-16(13-4-2-1-3-5-13)23-24(18(15)22-11-21-17)10-12-6-8-14(9-7-12)19(25)26/h1-9,11H,10H2,(H,25,26)(H2,20,21,22). The molecule has 0 bridgehead atoms. The Kier molecular flexibility index (Phi) is 3.81. The summed E-state index contributed by atoms with van der Waals surface area (Å²) < 4.78 is 1.76. The maximum Gasteiger partial charge on any atom is 0.335 e. The molecular weight excluding hydrogens is 330 g/mol. The zero-order valence-electron chi connectivity index (χ0n) is 13.7. The second-order valence-electron chi connectivity index (χ2n) is 5.83. The van der Waals surface area contributed by atoms with Crippen LogP contribution < -0.4 is 5.73 Å². The molecule has 0 fully saturated rings. The number of aromatic nitrogens is 4. The van der Waals surface area contributed by atoms with Gasteiger partial charge in [0.25, 0.3) is 0 Å². The van der Waals surface area contributed by atoms with E-state index in [1.165, 1.54) is 6.33 Å². The summed E-state index contributed by atoms with van der Waals surface area (Å²) in [4.78, 5) is 19.4. The molecule has 0 radical (unpaired) electrons. The van der Waals surface area contributed by atoms with E-state index in [1.807, 2.05) is 30.3 Å². The van der Waals surface area contributed by atoms with Gasteiger partial charge in [-0.3, -0.25) is 0 Å². The minimum atomic E-state index is -0.951. The second kappa shape index (κ2) is 6.29. The summed E-state index contributed by atoms with van der Waals surface area (Å²) in [6, 6.07) is 16.4. The normalized spacial score (nSPS) is 10.9. The molecule has 0 atom stereocenters. The summed E-state index contributed by atoms with van der Waals surface area (Å²) in [5.74, 6) is -0.575. The number of carbonyl (C=O) groups is 1. The summed E-state index contributed by atoms with van der Waals surface area (Å²) in [5, 5.41) is 14.4. The molecule has 2 heterocycles. The van der Waals surface area contributed by atoms with Gasteiger partial charge in [0.2, 0.25) is 0 Å². The average molecular weight is 345 g/mol. The third kappa shape index (κ3) is 2.75. The van der Waals surface area contributed by atoms with Gasteiger partial charge in [0, 0.05) is 5.56 Å². The Morgan fingerprint density at radius 1 is 1.04 bits per heavy atom. The van der Waals surface area contributed by atoms with Crippen LogP contribution in [0.4, 0.5) is 5.82 Å². The maximum atomic E-state index is 11.0. The van der Waals surface area contributed by atoms with Gasteiger partial charge in [0.05, 0.1) is 17.5 Å². The average Bonchev–Trinajstić information content (AvgIpc) is 3.03. The van der Waals surface area contributed by atoms with E-state index >= 15 is 0 Å². The summed E-state index contributed by atoms with van der Waals surface area (Å²) in [6.45, 7) is 0.444. The monoisotopic (exact) mass is 345 g/mol. The lowest BCUT2D eigenvalue weighted by molar-refractivity contribution is 0.0697. The van der Waals surface area contributed by atoms with Crippen molar-refractivity contribution in [1.82, 2.24) is 19.7 Å². The van der Waals surface area contributed by atoms with Gasteiger partial charge in [0.1, 0.15) is 17.8 Å². The van der Waals surface area contributed by atoms with Crippen molar-refractivity contribution in [3.63, 3.8) is 0 Å². The first-order valence-corrected chi connectivity index (χ1v) is 7.98. The molecular formula is C19H15N5O2. The first kappa shape index (κ1) is 15.8. The summed E-state index contributed by atoms with van der Waals surface area (Å²) in [7, 11) is 0. The van der Waals surface area contributed by atoms with Crippen LogP contribution in [0.25, 0.3) is 22.3 Å². The molecule has 4 rings (SSSR count). The highest BCUT2D eigenvalue weighted by Crippen LogP contribution is 2.30. The minimum Gasteiger partial charge on any atom is -0.478 e. The number of hydrogen-bond donors (Lipinski definition) is 2. The molecule has 2 aromatic carbocycles. The van der Waals surface area contributed by atoms with E-state index in [1.54, 1.807) is 28.9 Å². The lowest BCUT2D eigenvalue weighted by Crippen LogP contribution is -2.04. The van der Waals surface area contributed by atoms with Gasteiger partial charge in [0.15, 0.2) is 5.65 Å². The van der Waals surface area contributed by atoms with E-state index in [4.69, 9.17) is 15.9 Å². The number of anilines is 1. The van der Waals surface area contributed by atoms with Crippen LogP contribution in [0.3, 0.4) is 0 Å². The predicted molar refractivity (Wildman–Crippen MR) is 97.7 cm³/mol. The number of rotatable bonds is 4. The zero-order valence-corrected chi connectivity index (χ0v) is 13.7. The van der Waals surface area contributed by atoms with Gasteiger partial charge in [-0.2, -0.15) is 5.10 Å². The van der Waals surface area contributed by atoms with Crippen molar-refractivity contribution in [2.45, 2.75) is 6.54 Å². The topological polar surface area (TPSA) is 107 Å². The Morgan fingerprint density at radius 3 is 2.46 bits per heavy atom. The summed E-state index contributed by atoms with van der Waals surface area (Å²) >= 11 is 0. The zero-order chi connectivity index (χ0) is 18.1. The lowest BCUT2D eigenvalue weighted by Gasteiger charge is -2.04. The van der Waals surface area contributed by atoms with Gasteiger partial charge in [-0.05, 0) is 17.7 Å². The minimum absolute atomic E-state index is 0.246. The molecule has 7 heteroatoms. The molecule has 2 aromatic heterocycles. The molecule has 0 spiro atoms. The smallest absolute Gasteiger partial charge is 0.335 e. The maximum absolute atomic E-state index is 11.0. The van der Waals surface area contributed by atoms with Gasteiger partial charge in [-0.1, -0.05) is 42.5 Å². The molecule has 0 aliphatic heterocycles. The van der Waals surface area contributed by atoms with Crippen molar-refractivity contribution in [2.75, 3.05) is 5.73 Å². The Labute approximate surface area is 148 Å². The van der Waals surface area contributed by atoms with Crippen molar-refractivity contribution in [2.24, 2.45) is 0 Å². The molecule has 7 nitrogen and oxygen atoms in total. The molecule has 0 saturated heterocycles. The Balaban J connectivity index is 1.81. The molecule has 26 heavy (non-hydrogen) atoms. The van der Waals surface area contributed by atoms with E-state index in [9.17, 15) is 4.79 Å². The van der Waals surface area contributed by atoms with Crippen LogP contribution in [-0.4, -0.2) is 30.8 Å². The van der Waals surface area contributed by atoms with Gasteiger partial charge in [-0.25, -0.2) is 19.4 Å². The van der Waals surface area contributed by atoms with Crippen LogP contribution in [0.1, 0.15) is 15.9 Å².